The normalized spacial score (nSPS) is 10.0. The number of ether oxygens (including phenoxy) is 1. The molecule has 0 saturated heterocycles. The minimum atomic E-state index is -0.633. The molecule has 22 heavy (non-hydrogen) atoms. The second-order valence-electron chi connectivity index (χ2n) is 4.50. The Labute approximate surface area is 131 Å². The molecule has 1 heterocycles. The number of rotatable bonds is 6. The van der Waals surface area contributed by atoms with Crippen LogP contribution in [0.25, 0.3) is 0 Å². The smallest absolute Gasteiger partial charge is 0.306 e. The molecular weight excluding hydrogens is 302 g/mol. The summed E-state index contributed by atoms with van der Waals surface area (Å²) >= 11 is 1.23. The van der Waals surface area contributed by atoms with Crippen LogP contribution in [0.4, 0.5) is 0 Å². The Bertz CT molecular complexity index is 637. The Hall–Kier alpha value is -2.47. The second-order valence-corrected chi connectivity index (χ2v) is 5.45. The molecule has 0 unspecified atom stereocenters. The van der Waals surface area contributed by atoms with Gasteiger partial charge >= 0.3 is 5.97 Å². The van der Waals surface area contributed by atoms with Gasteiger partial charge in [0.05, 0.1) is 4.88 Å². The molecule has 5 nitrogen and oxygen atoms in total. The van der Waals surface area contributed by atoms with Crippen molar-refractivity contribution in [3.8, 4) is 0 Å². The zero-order chi connectivity index (χ0) is 15.8. The van der Waals surface area contributed by atoms with Crippen molar-refractivity contribution in [3.05, 3.63) is 58.3 Å². The molecule has 2 aromatic rings. The van der Waals surface area contributed by atoms with Crippen LogP contribution in [-0.2, 0) is 20.7 Å². The van der Waals surface area contributed by atoms with Crippen LogP contribution in [0.15, 0.2) is 47.8 Å². The van der Waals surface area contributed by atoms with E-state index in [1.807, 2.05) is 30.3 Å². The van der Waals surface area contributed by atoms with Gasteiger partial charge in [0.1, 0.15) is 0 Å². The van der Waals surface area contributed by atoms with Crippen LogP contribution < -0.4 is 5.32 Å². The van der Waals surface area contributed by atoms with Crippen molar-refractivity contribution in [3.63, 3.8) is 0 Å². The SMILES string of the molecule is O=C(COC(=O)CCc1ccccc1)NC(=O)c1cccs1. The van der Waals surface area contributed by atoms with Crippen LogP contribution in [0.2, 0.25) is 0 Å². The number of carbonyl (C=O) groups excluding carboxylic acids is 3. The van der Waals surface area contributed by atoms with Gasteiger partial charge in [-0.15, -0.1) is 11.3 Å². The number of esters is 1. The summed E-state index contributed by atoms with van der Waals surface area (Å²) in [4.78, 5) is 35.1. The van der Waals surface area contributed by atoms with Gasteiger partial charge in [-0.25, -0.2) is 0 Å². The standard InChI is InChI=1S/C16H15NO4S/c18-14(17-16(20)13-7-4-10-22-13)11-21-15(19)9-8-12-5-2-1-3-6-12/h1-7,10H,8-9,11H2,(H,17,18,20). The largest absolute Gasteiger partial charge is 0.456 e. The first-order valence-corrected chi connectivity index (χ1v) is 7.60. The van der Waals surface area contributed by atoms with Crippen molar-refractivity contribution >= 4 is 29.1 Å². The summed E-state index contributed by atoms with van der Waals surface area (Å²) in [5.74, 6) is -1.59. The summed E-state index contributed by atoms with van der Waals surface area (Å²) in [7, 11) is 0. The maximum atomic E-state index is 11.6. The number of imide groups is 1. The van der Waals surface area contributed by atoms with Crippen LogP contribution in [0.5, 0.6) is 0 Å². The topological polar surface area (TPSA) is 72.5 Å². The third-order valence-electron chi connectivity index (χ3n) is 2.82. The monoisotopic (exact) mass is 317 g/mol. The van der Waals surface area contributed by atoms with Gasteiger partial charge in [-0.05, 0) is 23.4 Å². The number of carbonyl (C=O) groups is 3. The highest BCUT2D eigenvalue weighted by Gasteiger charge is 2.13. The van der Waals surface area contributed by atoms with Crippen LogP contribution in [-0.4, -0.2) is 24.4 Å². The molecule has 0 aliphatic heterocycles. The van der Waals surface area contributed by atoms with E-state index in [0.717, 1.165) is 5.56 Å². The first-order chi connectivity index (χ1) is 10.6. The van der Waals surface area contributed by atoms with Crippen LogP contribution in [0, 0.1) is 0 Å². The average molecular weight is 317 g/mol. The Morgan fingerprint density at radius 1 is 1.05 bits per heavy atom. The third kappa shape index (κ3) is 5.14. The predicted octanol–water partition coefficient (Wildman–Crippen LogP) is 2.18. The fourth-order valence-corrected chi connectivity index (χ4v) is 2.36. The van der Waals surface area contributed by atoms with Crippen LogP contribution >= 0.6 is 11.3 Å². The molecule has 0 bridgehead atoms. The van der Waals surface area contributed by atoms with Gasteiger partial charge in [-0.3, -0.25) is 19.7 Å². The second kappa shape index (κ2) is 8.09. The van der Waals surface area contributed by atoms with Crippen molar-refractivity contribution in [1.29, 1.82) is 0 Å². The van der Waals surface area contributed by atoms with E-state index in [2.05, 4.69) is 5.32 Å². The lowest BCUT2D eigenvalue weighted by Gasteiger charge is -2.05. The number of aryl methyl sites for hydroxylation is 1. The van der Waals surface area contributed by atoms with E-state index in [4.69, 9.17) is 4.74 Å². The Balaban J connectivity index is 1.67. The molecule has 114 valence electrons. The first kappa shape index (κ1) is 15.9. The minimum Gasteiger partial charge on any atom is -0.456 e. The molecule has 2 amide bonds. The summed E-state index contributed by atoms with van der Waals surface area (Å²) in [5, 5.41) is 3.91. The number of amides is 2. The molecule has 0 aliphatic carbocycles. The summed E-state index contributed by atoms with van der Waals surface area (Å²) in [6.45, 7) is -0.454. The zero-order valence-electron chi connectivity index (χ0n) is 11.8. The Morgan fingerprint density at radius 2 is 1.82 bits per heavy atom. The molecule has 6 heteroatoms. The molecule has 1 N–H and O–H groups in total. The highest BCUT2D eigenvalue weighted by Crippen LogP contribution is 2.07. The maximum Gasteiger partial charge on any atom is 0.306 e. The van der Waals surface area contributed by atoms with E-state index in [9.17, 15) is 14.4 Å². The van der Waals surface area contributed by atoms with Gasteiger partial charge < -0.3 is 4.74 Å². The van der Waals surface area contributed by atoms with Gasteiger partial charge in [0.15, 0.2) is 6.61 Å². The van der Waals surface area contributed by atoms with Gasteiger partial charge in [0.2, 0.25) is 0 Å². The molecule has 0 aliphatic rings. The van der Waals surface area contributed by atoms with Gasteiger partial charge in [-0.2, -0.15) is 0 Å². The van der Waals surface area contributed by atoms with E-state index in [0.29, 0.717) is 11.3 Å². The predicted molar refractivity (Wildman–Crippen MR) is 82.5 cm³/mol. The summed E-state index contributed by atoms with van der Waals surface area (Å²) < 4.78 is 4.84. The van der Waals surface area contributed by atoms with Crippen LogP contribution in [0.1, 0.15) is 21.7 Å². The van der Waals surface area contributed by atoms with Gasteiger partial charge in [0.25, 0.3) is 11.8 Å². The Kier molecular flexibility index (Phi) is 5.85. The fraction of sp³-hybridized carbons (Fsp3) is 0.188. The highest BCUT2D eigenvalue weighted by atomic mass is 32.1. The lowest BCUT2D eigenvalue weighted by atomic mass is 10.1. The van der Waals surface area contributed by atoms with Crippen molar-refractivity contribution in [2.75, 3.05) is 6.61 Å². The molecular formula is C16H15NO4S. The summed E-state index contributed by atoms with van der Waals surface area (Å²) in [5.41, 5.74) is 1.02. The van der Waals surface area contributed by atoms with Crippen molar-refractivity contribution in [1.82, 2.24) is 5.32 Å². The molecule has 0 atom stereocenters. The van der Waals surface area contributed by atoms with Crippen molar-refractivity contribution in [2.24, 2.45) is 0 Å². The summed E-state index contributed by atoms with van der Waals surface area (Å²) in [6, 6.07) is 12.8. The van der Waals surface area contributed by atoms with E-state index >= 15 is 0 Å². The molecule has 1 aromatic carbocycles. The minimum absolute atomic E-state index is 0.191. The number of thiophene rings is 1. The number of hydrogen-bond acceptors (Lipinski definition) is 5. The average Bonchev–Trinajstić information content (AvgIpc) is 3.06. The zero-order valence-corrected chi connectivity index (χ0v) is 12.6. The van der Waals surface area contributed by atoms with E-state index < -0.39 is 24.4 Å². The van der Waals surface area contributed by atoms with Crippen molar-refractivity contribution < 1.29 is 19.1 Å². The van der Waals surface area contributed by atoms with Gasteiger partial charge in [-0.1, -0.05) is 36.4 Å². The van der Waals surface area contributed by atoms with Crippen molar-refractivity contribution in [2.45, 2.75) is 12.8 Å². The van der Waals surface area contributed by atoms with E-state index in [1.54, 1.807) is 17.5 Å². The van der Waals surface area contributed by atoms with E-state index in [1.165, 1.54) is 11.3 Å². The number of benzene rings is 1. The fourth-order valence-electron chi connectivity index (χ4n) is 1.74. The lowest BCUT2D eigenvalue weighted by Crippen LogP contribution is -2.33. The highest BCUT2D eigenvalue weighted by molar-refractivity contribution is 7.12. The molecule has 1 aromatic heterocycles. The number of hydrogen-bond donors (Lipinski definition) is 1. The maximum absolute atomic E-state index is 11.6. The summed E-state index contributed by atoms with van der Waals surface area (Å²) in [6.07, 6.45) is 0.742. The Morgan fingerprint density at radius 3 is 2.50 bits per heavy atom. The molecule has 2 rings (SSSR count). The van der Waals surface area contributed by atoms with E-state index in [-0.39, 0.29) is 6.42 Å². The molecule has 0 fully saturated rings. The quantitative estimate of drug-likeness (QED) is 0.829. The van der Waals surface area contributed by atoms with Crippen LogP contribution in [0.3, 0.4) is 0 Å². The number of nitrogens with one attached hydrogen (secondary N) is 1. The third-order valence-corrected chi connectivity index (χ3v) is 3.69. The van der Waals surface area contributed by atoms with Gasteiger partial charge in [0, 0.05) is 6.42 Å². The molecule has 0 spiro atoms. The first-order valence-electron chi connectivity index (χ1n) is 6.72. The lowest BCUT2D eigenvalue weighted by molar-refractivity contribution is -0.148. The molecule has 0 radical (unpaired) electrons. The molecule has 0 saturated carbocycles.